The van der Waals surface area contributed by atoms with E-state index >= 15 is 0 Å². The minimum Gasteiger partial charge on any atom is -0.327 e. The summed E-state index contributed by atoms with van der Waals surface area (Å²) < 4.78 is 24.4. The minimum atomic E-state index is -3.21. The molecule has 1 aromatic carbocycles. The van der Waals surface area contributed by atoms with Crippen molar-refractivity contribution in [3.05, 3.63) is 29.8 Å². The van der Waals surface area contributed by atoms with E-state index in [1.807, 2.05) is 0 Å². The molecule has 0 fully saturated rings. The van der Waals surface area contributed by atoms with Crippen LogP contribution in [-0.4, -0.2) is 26.6 Å². The van der Waals surface area contributed by atoms with E-state index in [2.05, 4.69) is 10.0 Å². The summed E-state index contributed by atoms with van der Waals surface area (Å²) in [5.41, 5.74) is 7.14. The van der Waals surface area contributed by atoms with Crippen molar-refractivity contribution in [2.45, 2.75) is 26.4 Å². The van der Waals surface area contributed by atoms with Gasteiger partial charge in [0.2, 0.25) is 15.9 Å². The first-order valence-electron chi connectivity index (χ1n) is 6.29. The second-order valence-corrected chi connectivity index (χ2v) is 6.76. The summed E-state index contributed by atoms with van der Waals surface area (Å²) in [4.78, 5) is 11.8. The van der Waals surface area contributed by atoms with E-state index in [9.17, 15) is 13.2 Å². The Bertz CT molecular complexity index is 553. The molecule has 0 aromatic heterocycles. The summed E-state index contributed by atoms with van der Waals surface area (Å²) in [6.07, 6.45) is 1.11. The molecule has 20 heavy (non-hydrogen) atoms. The summed E-state index contributed by atoms with van der Waals surface area (Å²) in [6.45, 7) is 3.78. The van der Waals surface area contributed by atoms with Crippen LogP contribution in [0.5, 0.6) is 0 Å². The normalized spacial score (nSPS) is 14.6. The second kappa shape index (κ2) is 6.83. The number of anilines is 1. The summed E-state index contributed by atoms with van der Waals surface area (Å²) in [7, 11) is -3.21. The lowest BCUT2D eigenvalue weighted by Crippen LogP contribution is -2.34. The molecule has 0 spiro atoms. The Balaban J connectivity index is 2.61. The molecule has 2 unspecified atom stereocenters. The molecule has 0 radical (unpaired) electrons. The lowest BCUT2D eigenvalue weighted by molar-refractivity contribution is -0.119. The van der Waals surface area contributed by atoms with Gasteiger partial charge in [0.25, 0.3) is 0 Å². The zero-order valence-corrected chi connectivity index (χ0v) is 12.7. The lowest BCUT2D eigenvalue weighted by atomic mass is 10.0. The summed E-state index contributed by atoms with van der Waals surface area (Å²) in [6, 6.07) is 6.75. The number of nitrogens with two attached hydrogens (primary N) is 1. The maximum Gasteiger partial charge on any atom is 0.228 e. The van der Waals surface area contributed by atoms with Crippen molar-refractivity contribution >= 4 is 21.6 Å². The Morgan fingerprint density at radius 3 is 2.25 bits per heavy atom. The Morgan fingerprint density at radius 1 is 1.25 bits per heavy atom. The third-order valence-corrected chi connectivity index (χ3v) is 3.63. The van der Waals surface area contributed by atoms with Gasteiger partial charge in [-0.15, -0.1) is 0 Å². The van der Waals surface area contributed by atoms with Gasteiger partial charge < -0.3 is 11.1 Å². The van der Waals surface area contributed by atoms with E-state index < -0.39 is 10.0 Å². The van der Waals surface area contributed by atoms with Crippen molar-refractivity contribution < 1.29 is 13.2 Å². The number of benzene rings is 1. The highest BCUT2D eigenvalue weighted by atomic mass is 32.2. The highest BCUT2D eigenvalue weighted by Gasteiger charge is 2.16. The number of carbonyl (C=O) groups excluding carboxylic acids is 1. The van der Waals surface area contributed by atoms with E-state index in [4.69, 9.17) is 5.73 Å². The minimum absolute atomic E-state index is 0.137. The van der Waals surface area contributed by atoms with Crippen molar-refractivity contribution in [1.29, 1.82) is 0 Å². The monoisotopic (exact) mass is 299 g/mol. The van der Waals surface area contributed by atoms with Gasteiger partial charge in [-0.25, -0.2) is 13.1 Å². The lowest BCUT2D eigenvalue weighted by Gasteiger charge is -2.15. The summed E-state index contributed by atoms with van der Waals surface area (Å²) in [5.74, 6) is -0.413. The molecule has 0 saturated heterocycles. The molecule has 0 aliphatic heterocycles. The summed E-state index contributed by atoms with van der Waals surface area (Å²) >= 11 is 0. The number of hydrogen-bond acceptors (Lipinski definition) is 4. The molecule has 112 valence electrons. The van der Waals surface area contributed by atoms with Crippen molar-refractivity contribution in [2.24, 2.45) is 11.7 Å². The number of amides is 1. The van der Waals surface area contributed by atoms with Gasteiger partial charge in [-0.05, 0) is 24.6 Å². The van der Waals surface area contributed by atoms with Crippen molar-refractivity contribution in [3.63, 3.8) is 0 Å². The molecule has 6 nitrogen and oxygen atoms in total. The Kier molecular flexibility index (Phi) is 5.67. The molecular formula is C13H21N3O3S. The second-order valence-electron chi connectivity index (χ2n) is 4.93. The van der Waals surface area contributed by atoms with Crippen LogP contribution in [0.4, 0.5) is 5.69 Å². The molecule has 1 aromatic rings. The predicted octanol–water partition coefficient (Wildman–Crippen LogP) is 0.658. The van der Waals surface area contributed by atoms with Crippen LogP contribution in [0.1, 0.15) is 19.4 Å². The molecule has 0 aliphatic carbocycles. The standard InChI is InChI=1S/C13H21N3O3S/c1-9(10(2)14)13(17)16-12-6-4-11(5-7-12)8-15-20(3,18)19/h4-7,9-10,15H,8,14H2,1-3H3,(H,16,17). The highest BCUT2D eigenvalue weighted by Crippen LogP contribution is 2.12. The van der Waals surface area contributed by atoms with Crippen molar-refractivity contribution in [1.82, 2.24) is 4.72 Å². The van der Waals surface area contributed by atoms with Gasteiger partial charge in [0.15, 0.2) is 0 Å². The molecule has 4 N–H and O–H groups in total. The Hall–Kier alpha value is -1.44. The Labute approximate surface area is 119 Å². The van der Waals surface area contributed by atoms with Gasteiger partial charge in [-0.2, -0.15) is 0 Å². The number of nitrogens with one attached hydrogen (secondary N) is 2. The smallest absolute Gasteiger partial charge is 0.228 e. The van der Waals surface area contributed by atoms with E-state index in [0.29, 0.717) is 5.69 Å². The van der Waals surface area contributed by atoms with Gasteiger partial charge >= 0.3 is 0 Å². The van der Waals surface area contributed by atoms with Gasteiger partial charge in [-0.1, -0.05) is 19.1 Å². The molecule has 1 rings (SSSR count). The van der Waals surface area contributed by atoms with E-state index in [1.165, 1.54) is 0 Å². The molecule has 0 heterocycles. The maximum absolute atomic E-state index is 11.8. The van der Waals surface area contributed by atoms with E-state index in [0.717, 1.165) is 11.8 Å². The van der Waals surface area contributed by atoms with E-state index in [1.54, 1.807) is 38.1 Å². The number of rotatable bonds is 6. The number of sulfonamides is 1. The van der Waals surface area contributed by atoms with Crippen LogP contribution in [0.2, 0.25) is 0 Å². The van der Waals surface area contributed by atoms with E-state index in [-0.39, 0.29) is 24.4 Å². The predicted molar refractivity (Wildman–Crippen MR) is 79.6 cm³/mol. The molecule has 0 saturated carbocycles. The molecule has 2 atom stereocenters. The average molecular weight is 299 g/mol. The van der Waals surface area contributed by atoms with Crippen LogP contribution < -0.4 is 15.8 Å². The Morgan fingerprint density at radius 2 is 1.80 bits per heavy atom. The first-order chi connectivity index (χ1) is 9.19. The molecule has 1 amide bonds. The third-order valence-electron chi connectivity index (χ3n) is 2.96. The van der Waals surface area contributed by atoms with Crippen LogP contribution in [0.3, 0.4) is 0 Å². The fraction of sp³-hybridized carbons (Fsp3) is 0.462. The SMILES string of the molecule is CC(N)C(C)C(=O)Nc1ccc(CNS(C)(=O)=O)cc1. The van der Waals surface area contributed by atoms with Gasteiger partial charge in [0.1, 0.15) is 0 Å². The highest BCUT2D eigenvalue weighted by molar-refractivity contribution is 7.88. The topological polar surface area (TPSA) is 101 Å². The van der Waals surface area contributed by atoms with Gasteiger partial charge in [-0.3, -0.25) is 4.79 Å². The zero-order chi connectivity index (χ0) is 15.3. The fourth-order valence-corrected chi connectivity index (χ4v) is 1.84. The number of hydrogen-bond donors (Lipinski definition) is 3. The molecule has 0 aliphatic rings. The number of carbonyl (C=O) groups is 1. The van der Waals surface area contributed by atoms with Crippen LogP contribution in [-0.2, 0) is 21.4 Å². The molecule has 7 heteroatoms. The van der Waals surface area contributed by atoms with Crippen LogP contribution in [0.15, 0.2) is 24.3 Å². The summed E-state index contributed by atoms with van der Waals surface area (Å²) in [5, 5.41) is 2.76. The van der Waals surface area contributed by atoms with Crippen molar-refractivity contribution in [3.8, 4) is 0 Å². The van der Waals surface area contributed by atoms with Crippen molar-refractivity contribution in [2.75, 3.05) is 11.6 Å². The van der Waals surface area contributed by atoms with Gasteiger partial charge in [0, 0.05) is 18.3 Å². The van der Waals surface area contributed by atoms with Crippen LogP contribution in [0.25, 0.3) is 0 Å². The largest absolute Gasteiger partial charge is 0.327 e. The molecule has 0 bridgehead atoms. The quantitative estimate of drug-likeness (QED) is 0.718. The zero-order valence-electron chi connectivity index (χ0n) is 11.9. The van der Waals surface area contributed by atoms with Gasteiger partial charge in [0.05, 0.1) is 12.2 Å². The first-order valence-corrected chi connectivity index (χ1v) is 8.18. The maximum atomic E-state index is 11.8. The first kappa shape index (κ1) is 16.6. The van der Waals surface area contributed by atoms with Crippen LogP contribution >= 0.6 is 0 Å². The fourth-order valence-electron chi connectivity index (χ4n) is 1.42. The molecular weight excluding hydrogens is 278 g/mol. The van der Waals surface area contributed by atoms with Crippen LogP contribution in [0, 0.1) is 5.92 Å². The third kappa shape index (κ3) is 5.68. The average Bonchev–Trinajstić information content (AvgIpc) is 2.36.